The Labute approximate surface area is 91.7 Å². The second kappa shape index (κ2) is 7.40. The van der Waals surface area contributed by atoms with Gasteiger partial charge in [0.1, 0.15) is 0 Å². The van der Waals surface area contributed by atoms with Crippen LogP contribution in [0.2, 0.25) is 5.54 Å². The number of nitrogens with zero attached hydrogens (tertiary/aromatic N) is 2. The predicted molar refractivity (Wildman–Crippen MR) is 67.4 cm³/mol. The molecule has 0 saturated carbocycles. The first-order valence-corrected chi connectivity index (χ1v) is 7.05. The van der Waals surface area contributed by atoms with Gasteiger partial charge in [0.05, 0.1) is 15.8 Å². The molecule has 1 N–H and O–H groups in total. The summed E-state index contributed by atoms with van der Waals surface area (Å²) >= 11 is 0. The highest BCUT2D eigenvalue weighted by Crippen LogP contribution is 2.03. The zero-order chi connectivity index (χ0) is 11.1. The van der Waals surface area contributed by atoms with Crippen molar-refractivity contribution in [3.05, 3.63) is 0 Å². The Morgan fingerprint density at radius 1 is 1.14 bits per heavy atom. The summed E-state index contributed by atoms with van der Waals surface area (Å²) in [7, 11) is 8.47. The first-order chi connectivity index (χ1) is 6.49. The van der Waals surface area contributed by atoms with E-state index < -0.39 is 0 Å². The second-order valence-corrected chi connectivity index (χ2v) is 6.88. The lowest BCUT2D eigenvalue weighted by molar-refractivity contribution is 0.133. The quantitative estimate of drug-likeness (QED) is 0.490. The average Bonchev–Trinajstić information content (AvgIpc) is 2.10. The first-order valence-electron chi connectivity index (χ1n) is 5.52. The minimum atomic E-state index is -0.0744. The summed E-state index contributed by atoms with van der Waals surface area (Å²) in [6.45, 7) is 5.71. The molecule has 3 nitrogen and oxygen atoms in total. The van der Waals surface area contributed by atoms with E-state index in [0.29, 0.717) is 6.17 Å². The summed E-state index contributed by atoms with van der Waals surface area (Å²) < 4.78 is 0. The lowest BCUT2D eigenvalue weighted by atomic mass is 10.4. The minimum Gasteiger partial charge on any atom is -0.339 e. The maximum absolute atomic E-state index is 3.65. The minimum absolute atomic E-state index is 0.0744. The van der Waals surface area contributed by atoms with Crippen LogP contribution in [0.4, 0.5) is 0 Å². The van der Waals surface area contributed by atoms with Gasteiger partial charge in [-0.25, -0.2) is 0 Å². The van der Waals surface area contributed by atoms with Crippen LogP contribution in [-0.4, -0.2) is 60.4 Å². The molecule has 0 bridgehead atoms. The average molecular weight is 217 g/mol. The summed E-state index contributed by atoms with van der Waals surface area (Å²) in [5, 5.41) is 0. The van der Waals surface area contributed by atoms with E-state index in [1.54, 1.807) is 0 Å². The topological polar surface area (TPSA) is 18.5 Å². The molecule has 0 rings (SSSR count). The van der Waals surface area contributed by atoms with Crippen LogP contribution in [-0.2, 0) is 0 Å². The fourth-order valence-electron chi connectivity index (χ4n) is 1.43. The van der Waals surface area contributed by atoms with Crippen LogP contribution in [0.25, 0.3) is 0 Å². The predicted octanol–water partition coefficient (Wildman–Crippen LogP) is 0.328. The van der Waals surface area contributed by atoms with E-state index in [2.05, 4.69) is 56.8 Å². The highest BCUT2D eigenvalue weighted by Gasteiger charge is 2.12. The van der Waals surface area contributed by atoms with Crippen LogP contribution in [0.15, 0.2) is 0 Å². The fraction of sp³-hybridized carbons (Fsp3) is 1.00. The standard InChI is InChI=1S/C10H27N3Si/c1-7-9(2)14-11-8-10(12(3)4)13(5)6/h9-11H,7-8,14H2,1-6H3. The van der Waals surface area contributed by atoms with Crippen LogP contribution >= 0.6 is 0 Å². The van der Waals surface area contributed by atoms with Crippen molar-refractivity contribution in [2.45, 2.75) is 32.0 Å². The molecule has 0 aliphatic heterocycles. The lowest BCUT2D eigenvalue weighted by Gasteiger charge is -2.31. The van der Waals surface area contributed by atoms with Crippen molar-refractivity contribution in [1.29, 1.82) is 0 Å². The van der Waals surface area contributed by atoms with Crippen LogP contribution in [0.3, 0.4) is 0 Å². The maximum atomic E-state index is 3.65. The van der Waals surface area contributed by atoms with E-state index in [1.165, 1.54) is 6.42 Å². The van der Waals surface area contributed by atoms with E-state index in [0.717, 1.165) is 12.1 Å². The van der Waals surface area contributed by atoms with Gasteiger partial charge in [0.15, 0.2) is 0 Å². The molecule has 0 aromatic rings. The Kier molecular flexibility index (Phi) is 7.45. The third-order valence-corrected chi connectivity index (χ3v) is 4.56. The molecule has 0 spiro atoms. The zero-order valence-corrected chi connectivity index (χ0v) is 12.1. The third-order valence-electron chi connectivity index (χ3n) is 2.71. The summed E-state index contributed by atoms with van der Waals surface area (Å²) in [5.41, 5.74) is 0.917. The molecule has 0 amide bonds. The zero-order valence-electron chi connectivity index (χ0n) is 10.7. The molecule has 4 heteroatoms. The maximum Gasteiger partial charge on any atom is 0.0945 e. The summed E-state index contributed by atoms with van der Waals surface area (Å²) in [4.78, 5) is 8.18. The Balaban J connectivity index is 3.72. The van der Waals surface area contributed by atoms with E-state index in [-0.39, 0.29) is 9.68 Å². The Bertz CT molecular complexity index is 131. The van der Waals surface area contributed by atoms with Gasteiger partial charge in [-0.1, -0.05) is 20.3 Å². The van der Waals surface area contributed by atoms with Crippen molar-refractivity contribution >= 4 is 9.68 Å². The van der Waals surface area contributed by atoms with Crippen molar-refractivity contribution in [2.75, 3.05) is 34.7 Å². The molecule has 0 saturated heterocycles. The highest BCUT2D eigenvalue weighted by atomic mass is 28.2. The van der Waals surface area contributed by atoms with Gasteiger partial charge in [-0.3, -0.25) is 9.80 Å². The van der Waals surface area contributed by atoms with E-state index >= 15 is 0 Å². The van der Waals surface area contributed by atoms with Crippen molar-refractivity contribution in [1.82, 2.24) is 14.8 Å². The summed E-state index contributed by atoms with van der Waals surface area (Å²) in [6, 6.07) is 0. The van der Waals surface area contributed by atoms with Crippen molar-refractivity contribution in [3.8, 4) is 0 Å². The van der Waals surface area contributed by atoms with Crippen LogP contribution in [0, 0.1) is 0 Å². The molecule has 1 atom stereocenters. The van der Waals surface area contributed by atoms with E-state index in [1.807, 2.05) is 0 Å². The van der Waals surface area contributed by atoms with Gasteiger partial charge >= 0.3 is 0 Å². The normalized spacial score (nSPS) is 15.2. The first kappa shape index (κ1) is 14.1. The molecule has 14 heavy (non-hydrogen) atoms. The highest BCUT2D eigenvalue weighted by molar-refractivity contribution is 6.34. The Morgan fingerprint density at radius 2 is 1.64 bits per heavy atom. The smallest absolute Gasteiger partial charge is 0.0945 e. The SMILES string of the molecule is CCC(C)[SiH2]NCC(N(C)C)N(C)C. The second-order valence-electron chi connectivity index (χ2n) is 4.58. The molecule has 0 aromatic heterocycles. The van der Waals surface area contributed by atoms with Gasteiger partial charge < -0.3 is 4.98 Å². The van der Waals surface area contributed by atoms with Gasteiger partial charge in [0, 0.05) is 6.54 Å². The van der Waals surface area contributed by atoms with Gasteiger partial charge in [-0.15, -0.1) is 0 Å². The van der Waals surface area contributed by atoms with Gasteiger partial charge in [-0.05, 0) is 33.7 Å². The molecular formula is C10H27N3Si. The molecule has 0 heterocycles. The molecule has 0 fully saturated rings. The Morgan fingerprint density at radius 3 is 2.00 bits per heavy atom. The molecule has 0 aromatic carbocycles. The monoisotopic (exact) mass is 217 g/mol. The third kappa shape index (κ3) is 5.75. The number of nitrogens with one attached hydrogen (secondary N) is 1. The van der Waals surface area contributed by atoms with E-state index in [4.69, 9.17) is 0 Å². The number of rotatable bonds is 7. The number of likely N-dealkylation sites (N-methyl/N-ethyl adjacent to an activating group) is 2. The van der Waals surface area contributed by atoms with Crippen molar-refractivity contribution in [2.24, 2.45) is 0 Å². The van der Waals surface area contributed by atoms with E-state index in [9.17, 15) is 0 Å². The van der Waals surface area contributed by atoms with Gasteiger partial charge in [-0.2, -0.15) is 0 Å². The summed E-state index contributed by atoms with van der Waals surface area (Å²) in [5.74, 6) is 0. The Hall–Kier alpha value is 0.0969. The molecule has 0 aliphatic rings. The number of hydrogen-bond acceptors (Lipinski definition) is 3. The lowest BCUT2D eigenvalue weighted by Crippen LogP contribution is -2.48. The largest absolute Gasteiger partial charge is 0.339 e. The summed E-state index contributed by atoms with van der Waals surface area (Å²) in [6.07, 6.45) is 1.83. The fourth-order valence-corrected chi connectivity index (χ4v) is 2.64. The van der Waals surface area contributed by atoms with Crippen LogP contribution in [0.5, 0.6) is 0 Å². The molecular weight excluding hydrogens is 190 g/mol. The van der Waals surface area contributed by atoms with Gasteiger partial charge in [0.25, 0.3) is 0 Å². The molecule has 0 aliphatic carbocycles. The van der Waals surface area contributed by atoms with Crippen molar-refractivity contribution < 1.29 is 0 Å². The van der Waals surface area contributed by atoms with Crippen molar-refractivity contribution in [3.63, 3.8) is 0 Å². The molecule has 1 unspecified atom stereocenters. The molecule has 0 radical (unpaired) electrons. The van der Waals surface area contributed by atoms with Crippen LogP contribution < -0.4 is 4.98 Å². The molecule has 86 valence electrons. The van der Waals surface area contributed by atoms with Gasteiger partial charge in [0.2, 0.25) is 0 Å². The number of hydrogen-bond donors (Lipinski definition) is 1. The van der Waals surface area contributed by atoms with Crippen LogP contribution in [0.1, 0.15) is 20.3 Å².